The minimum atomic E-state index is -0.278. The second-order valence-electron chi connectivity index (χ2n) is 3.46. The van der Waals surface area contributed by atoms with Gasteiger partial charge in [0.2, 0.25) is 0 Å². The van der Waals surface area contributed by atoms with E-state index in [-0.39, 0.29) is 6.10 Å². The zero-order valence-corrected chi connectivity index (χ0v) is 7.75. The summed E-state index contributed by atoms with van der Waals surface area (Å²) in [6, 6.07) is 0. The van der Waals surface area contributed by atoms with Crippen molar-refractivity contribution in [2.24, 2.45) is 5.92 Å². The summed E-state index contributed by atoms with van der Waals surface area (Å²) in [6.07, 6.45) is 1.71. The molecule has 12 heavy (non-hydrogen) atoms. The Labute approximate surface area is 74.1 Å². The summed E-state index contributed by atoms with van der Waals surface area (Å²) in [6.45, 7) is 5.44. The van der Waals surface area contributed by atoms with Crippen molar-refractivity contribution in [2.45, 2.75) is 25.9 Å². The van der Waals surface area contributed by atoms with Gasteiger partial charge < -0.3 is 15.2 Å². The predicted molar refractivity (Wildman–Crippen MR) is 48.1 cm³/mol. The van der Waals surface area contributed by atoms with Crippen molar-refractivity contribution in [3.63, 3.8) is 0 Å². The fourth-order valence-corrected chi connectivity index (χ4v) is 1.35. The molecule has 0 aliphatic carbocycles. The monoisotopic (exact) mass is 173 g/mol. The molecule has 3 nitrogen and oxygen atoms in total. The number of nitrogens with one attached hydrogen (secondary N) is 1. The molecule has 1 saturated heterocycles. The molecule has 0 amide bonds. The first-order valence-electron chi connectivity index (χ1n) is 4.79. The first-order valence-corrected chi connectivity index (χ1v) is 4.79. The maximum Gasteiger partial charge on any atom is 0.0771 e. The van der Waals surface area contributed by atoms with Crippen LogP contribution in [0.25, 0.3) is 0 Å². The van der Waals surface area contributed by atoms with E-state index in [1.165, 1.54) is 6.42 Å². The van der Waals surface area contributed by atoms with Crippen LogP contribution in [0.15, 0.2) is 0 Å². The Morgan fingerprint density at radius 2 is 2.50 bits per heavy atom. The summed E-state index contributed by atoms with van der Waals surface area (Å²) >= 11 is 0. The Bertz CT molecular complexity index is 113. The molecule has 0 saturated carbocycles. The van der Waals surface area contributed by atoms with Gasteiger partial charge in [-0.25, -0.2) is 0 Å². The molecule has 0 radical (unpaired) electrons. The van der Waals surface area contributed by atoms with Crippen LogP contribution in [0.5, 0.6) is 0 Å². The van der Waals surface area contributed by atoms with E-state index in [4.69, 9.17) is 4.74 Å². The third-order valence-electron chi connectivity index (χ3n) is 2.30. The Kier molecular flexibility index (Phi) is 4.58. The number of hydrogen-bond acceptors (Lipinski definition) is 3. The highest BCUT2D eigenvalue weighted by molar-refractivity contribution is 4.70. The maximum atomic E-state index is 9.19. The van der Waals surface area contributed by atoms with Gasteiger partial charge in [-0.15, -0.1) is 0 Å². The third-order valence-corrected chi connectivity index (χ3v) is 2.30. The van der Waals surface area contributed by atoms with Crippen LogP contribution in [0, 0.1) is 5.92 Å². The van der Waals surface area contributed by atoms with Crippen molar-refractivity contribution in [1.82, 2.24) is 5.32 Å². The van der Waals surface area contributed by atoms with Crippen LogP contribution >= 0.6 is 0 Å². The van der Waals surface area contributed by atoms with Gasteiger partial charge in [-0.1, -0.05) is 6.92 Å². The van der Waals surface area contributed by atoms with Gasteiger partial charge in [0, 0.05) is 6.54 Å². The fourth-order valence-electron chi connectivity index (χ4n) is 1.35. The zero-order chi connectivity index (χ0) is 8.81. The average molecular weight is 173 g/mol. The quantitative estimate of drug-likeness (QED) is 0.631. The Morgan fingerprint density at radius 1 is 1.67 bits per heavy atom. The third kappa shape index (κ3) is 3.52. The lowest BCUT2D eigenvalue weighted by molar-refractivity contribution is 0.0222. The molecule has 0 bridgehead atoms. The van der Waals surface area contributed by atoms with Crippen molar-refractivity contribution in [2.75, 3.05) is 26.3 Å². The van der Waals surface area contributed by atoms with Crippen LogP contribution in [-0.4, -0.2) is 37.5 Å². The van der Waals surface area contributed by atoms with Crippen LogP contribution in [0.4, 0.5) is 0 Å². The predicted octanol–water partition coefficient (Wildman–Crippen LogP) is 0.383. The second kappa shape index (κ2) is 5.51. The van der Waals surface area contributed by atoms with E-state index in [2.05, 4.69) is 5.32 Å². The molecule has 1 fully saturated rings. The highest BCUT2D eigenvalue weighted by Crippen LogP contribution is 2.07. The zero-order valence-electron chi connectivity index (χ0n) is 7.75. The summed E-state index contributed by atoms with van der Waals surface area (Å²) in [5, 5.41) is 12.5. The van der Waals surface area contributed by atoms with Crippen LogP contribution in [-0.2, 0) is 4.74 Å². The lowest BCUT2D eigenvalue weighted by Crippen LogP contribution is -2.19. The van der Waals surface area contributed by atoms with Crippen molar-refractivity contribution in [3.05, 3.63) is 0 Å². The summed E-state index contributed by atoms with van der Waals surface area (Å²) in [5.74, 6) is 0.661. The first kappa shape index (κ1) is 9.96. The fraction of sp³-hybridized carbons (Fsp3) is 1.00. The molecular weight excluding hydrogens is 154 g/mol. The second-order valence-corrected chi connectivity index (χ2v) is 3.46. The molecular formula is C9H19NO2. The molecule has 0 aromatic rings. The summed E-state index contributed by atoms with van der Waals surface area (Å²) < 4.78 is 5.38. The van der Waals surface area contributed by atoms with Crippen LogP contribution < -0.4 is 5.32 Å². The molecule has 2 unspecified atom stereocenters. The van der Waals surface area contributed by atoms with Gasteiger partial charge in [0.15, 0.2) is 0 Å². The van der Waals surface area contributed by atoms with E-state index in [0.29, 0.717) is 12.5 Å². The van der Waals surface area contributed by atoms with Gasteiger partial charge in [-0.05, 0) is 25.3 Å². The van der Waals surface area contributed by atoms with Gasteiger partial charge in [0.25, 0.3) is 0 Å². The summed E-state index contributed by atoms with van der Waals surface area (Å²) in [4.78, 5) is 0. The molecule has 0 spiro atoms. The van der Waals surface area contributed by atoms with Crippen LogP contribution in [0.1, 0.15) is 19.8 Å². The number of rotatable bonds is 5. The van der Waals surface area contributed by atoms with E-state index in [1.807, 2.05) is 6.92 Å². The van der Waals surface area contributed by atoms with E-state index in [9.17, 15) is 5.11 Å². The molecule has 72 valence electrons. The normalized spacial score (nSPS) is 26.0. The van der Waals surface area contributed by atoms with Crippen molar-refractivity contribution in [3.8, 4) is 0 Å². The summed E-state index contributed by atoms with van der Waals surface area (Å²) in [7, 11) is 0. The van der Waals surface area contributed by atoms with Crippen molar-refractivity contribution < 1.29 is 9.84 Å². The van der Waals surface area contributed by atoms with Gasteiger partial charge in [0.05, 0.1) is 19.3 Å². The van der Waals surface area contributed by atoms with Crippen LogP contribution in [0.2, 0.25) is 0 Å². The molecule has 1 aliphatic rings. The van der Waals surface area contributed by atoms with E-state index < -0.39 is 0 Å². The first-order chi connectivity index (χ1) is 5.83. The number of aliphatic hydroxyl groups is 1. The van der Waals surface area contributed by atoms with E-state index in [0.717, 1.165) is 26.1 Å². The molecule has 0 aromatic carbocycles. The van der Waals surface area contributed by atoms with E-state index in [1.54, 1.807) is 0 Å². The van der Waals surface area contributed by atoms with E-state index >= 15 is 0 Å². The van der Waals surface area contributed by atoms with Gasteiger partial charge in [0.1, 0.15) is 0 Å². The smallest absolute Gasteiger partial charge is 0.0771 e. The van der Waals surface area contributed by atoms with Gasteiger partial charge in [-0.2, -0.15) is 0 Å². The largest absolute Gasteiger partial charge is 0.391 e. The molecule has 1 rings (SSSR count). The molecule has 2 N–H and O–H groups in total. The minimum Gasteiger partial charge on any atom is -0.391 e. The Balaban J connectivity index is 1.94. The highest BCUT2D eigenvalue weighted by Gasteiger charge is 2.14. The van der Waals surface area contributed by atoms with Gasteiger partial charge in [-0.3, -0.25) is 0 Å². The molecule has 3 heteroatoms. The van der Waals surface area contributed by atoms with Crippen molar-refractivity contribution in [1.29, 1.82) is 0 Å². The highest BCUT2D eigenvalue weighted by atomic mass is 16.5. The van der Waals surface area contributed by atoms with Gasteiger partial charge >= 0.3 is 0 Å². The molecule has 1 heterocycles. The molecule has 2 atom stereocenters. The number of ether oxygens (including phenoxy) is 1. The Hall–Kier alpha value is -0.120. The van der Waals surface area contributed by atoms with Crippen molar-refractivity contribution >= 4 is 0 Å². The number of hydrogen-bond donors (Lipinski definition) is 2. The standard InChI is InChI=1S/C9H19NO2/c1-2-9(11)7-12-6-8-3-4-10-5-8/h8-11H,2-7H2,1H3. The average Bonchev–Trinajstić information content (AvgIpc) is 2.57. The SMILES string of the molecule is CCC(O)COCC1CCNC1. The molecule has 1 aliphatic heterocycles. The topological polar surface area (TPSA) is 41.5 Å². The minimum absolute atomic E-state index is 0.278. The lowest BCUT2D eigenvalue weighted by Gasteiger charge is -2.11. The maximum absolute atomic E-state index is 9.19. The molecule has 0 aromatic heterocycles. The summed E-state index contributed by atoms with van der Waals surface area (Å²) in [5.41, 5.74) is 0. The van der Waals surface area contributed by atoms with Crippen LogP contribution in [0.3, 0.4) is 0 Å². The Morgan fingerprint density at radius 3 is 3.08 bits per heavy atom. The number of aliphatic hydroxyl groups excluding tert-OH is 1. The lowest BCUT2D eigenvalue weighted by atomic mass is 10.1.